The van der Waals surface area contributed by atoms with E-state index in [1.165, 1.54) is 6.07 Å². The number of anilines is 1. The molecule has 0 amide bonds. The maximum Gasteiger partial charge on any atom is 0.417 e. The Hall–Kier alpha value is -1.72. The molecule has 0 heterocycles. The van der Waals surface area contributed by atoms with Crippen LogP contribution in [0.25, 0.3) is 0 Å². The van der Waals surface area contributed by atoms with E-state index in [2.05, 4.69) is 0 Å². The van der Waals surface area contributed by atoms with Crippen molar-refractivity contribution in [3.63, 3.8) is 0 Å². The Bertz CT molecular complexity index is 439. The van der Waals surface area contributed by atoms with Crippen LogP contribution in [0.1, 0.15) is 29.8 Å². The molecule has 0 fully saturated rings. The molecule has 0 aliphatic carbocycles. The van der Waals surface area contributed by atoms with Crippen LogP contribution in [0.5, 0.6) is 0 Å². The van der Waals surface area contributed by atoms with Crippen LogP contribution < -0.4 is 4.90 Å². The van der Waals surface area contributed by atoms with Gasteiger partial charge in [0.1, 0.15) is 0 Å². The number of aromatic carboxylic acids is 1. The van der Waals surface area contributed by atoms with Gasteiger partial charge in [-0.2, -0.15) is 13.2 Å². The van der Waals surface area contributed by atoms with E-state index in [4.69, 9.17) is 5.11 Å². The van der Waals surface area contributed by atoms with E-state index < -0.39 is 23.3 Å². The fraction of sp³-hybridized carbons (Fsp3) is 0.417. The third-order valence-corrected chi connectivity index (χ3v) is 2.67. The zero-order valence-electron chi connectivity index (χ0n) is 10.1. The van der Waals surface area contributed by atoms with Crippen LogP contribution in [0.4, 0.5) is 18.9 Å². The third-order valence-electron chi connectivity index (χ3n) is 2.67. The summed E-state index contributed by atoms with van der Waals surface area (Å²) in [5.41, 5.74) is -1.36. The third kappa shape index (κ3) is 2.94. The summed E-state index contributed by atoms with van der Waals surface area (Å²) in [6, 6.07) is 3.18. The van der Waals surface area contributed by atoms with Gasteiger partial charge in [-0.3, -0.25) is 0 Å². The van der Waals surface area contributed by atoms with Crippen LogP contribution in [-0.2, 0) is 6.18 Å². The summed E-state index contributed by atoms with van der Waals surface area (Å²) in [6.07, 6.45) is -4.66. The molecule has 18 heavy (non-hydrogen) atoms. The Kier molecular flexibility index (Phi) is 4.21. The van der Waals surface area contributed by atoms with Crippen LogP contribution in [0.3, 0.4) is 0 Å². The molecule has 100 valence electrons. The first kappa shape index (κ1) is 14.3. The molecule has 1 N–H and O–H groups in total. The fourth-order valence-corrected chi connectivity index (χ4v) is 1.74. The summed E-state index contributed by atoms with van der Waals surface area (Å²) in [6.45, 7) is 4.89. The molecular weight excluding hydrogens is 247 g/mol. The molecule has 0 saturated carbocycles. The van der Waals surface area contributed by atoms with Gasteiger partial charge in [0.05, 0.1) is 11.1 Å². The summed E-state index contributed by atoms with van der Waals surface area (Å²) < 4.78 is 37.9. The predicted molar refractivity (Wildman–Crippen MR) is 62.0 cm³/mol. The highest BCUT2D eigenvalue weighted by molar-refractivity contribution is 5.91. The highest BCUT2D eigenvalue weighted by Gasteiger charge is 2.35. The molecule has 3 nitrogen and oxygen atoms in total. The Labute approximate surface area is 103 Å². The van der Waals surface area contributed by atoms with Gasteiger partial charge < -0.3 is 10.0 Å². The standard InChI is InChI=1S/C12H14F3NO2/c1-3-16(4-2)8-5-6-10(12(13,14)15)9(7-8)11(17)18/h5-7H,3-4H2,1-2H3,(H,17,18). The summed E-state index contributed by atoms with van der Waals surface area (Å²) in [5.74, 6) is -1.57. The average molecular weight is 261 g/mol. The Morgan fingerprint density at radius 1 is 1.28 bits per heavy atom. The van der Waals surface area contributed by atoms with E-state index in [1.807, 2.05) is 13.8 Å². The molecule has 0 aliphatic rings. The second-order valence-electron chi connectivity index (χ2n) is 3.71. The highest BCUT2D eigenvalue weighted by Crippen LogP contribution is 2.34. The van der Waals surface area contributed by atoms with Crippen molar-refractivity contribution in [3.05, 3.63) is 29.3 Å². The minimum absolute atomic E-state index is 0.477. The van der Waals surface area contributed by atoms with Crippen molar-refractivity contribution in [1.29, 1.82) is 0 Å². The van der Waals surface area contributed by atoms with Crippen LogP contribution in [-0.4, -0.2) is 24.2 Å². The maximum absolute atomic E-state index is 12.6. The Balaban J connectivity index is 3.32. The number of nitrogens with zero attached hydrogens (tertiary/aromatic N) is 1. The maximum atomic E-state index is 12.6. The van der Waals surface area contributed by atoms with E-state index in [-0.39, 0.29) is 0 Å². The van der Waals surface area contributed by atoms with Gasteiger partial charge in [0.25, 0.3) is 0 Å². The fourth-order valence-electron chi connectivity index (χ4n) is 1.74. The Morgan fingerprint density at radius 2 is 1.83 bits per heavy atom. The summed E-state index contributed by atoms with van der Waals surface area (Å²) in [4.78, 5) is 12.7. The highest BCUT2D eigenvalue weighted by atomic mass is 19.4. The van der Waals surface area contributed by atoms with Gasteiger partial charge in [0.2, 0.25) is 0 Å². The van der Waals surface area contributed by atoms with Gasteiger partial charge in [0.15, 0.2) is 0 Å². The summed E-state index contributed by atoms with van der Waals surface area (Å²) in [5, 5.41) is 8.86. The van der Waals surface area contributed by atoms with E-state index in [0.29, 0.717) is 18.8 Å². The van der Waals surface area contributed by atoms with Crippen molar-refractivity contribution in [3.8, 4) is 0 Å². The van der Waals surface area contributed by atoms with Gasteiger partial charge >= 0.3 is 12.1 Å². The molecule has 1 aromatic rings. The molecule has 0 bridgehead atoms. The number of rotatable bonds is 4. The molecule has 0 aromatic heterocycles. The van der Waals surface area contributed by atoms with Crippen LogP contribution in [0.15, 0.2) is 18.2 Å². The smallest absolute Gasteiger partial charge is 0.417 e. The number of carboxylic acid groups (broad SMARTS) is 1. The Morgan fingerprint density at radius 3 is 2.22 bits per heavy atom. The molecule has 0 aliphatic heterocycles. The van der Waals surface area contributed by atoms with E-state index >= 15 is 0 Å². The molecule has 6 heteroatoms. The monoisotopic (exact) mass is 261 g/mol. The average Bonchev–Trinajstić information content (AvgIpc) is 2.29. The van der Waals surface area contributed by atoms with Crippen molar-refractivity contribution in [2.45, 2.75) is 20.0 Å². The first-order chi connectivity index (χ1) is 8.31. The molecule has 1 aromatic carbocycles. The van der Waals surface area contributed by atoms with Gasteiger partial charge in [-0.25, -0.2) is 4.79 Å². The normalized spacial score (nSPS) is 11.4. The van der Waals surface area contributed by atoms with Crippen LogP contribution in [0, 0.1) is 0 Å². The minimum atomic E-state index is -4.66. The van der Waals surface area contributed by atoms with Crippen molar-refractivity contribution in [2.75, 3.05) is 18.0 Å². The molecular formula is C12H14F3NO2. The lowest BCUT2D eigenvalue weighted by atomic mass is 10.1. The van der Waals surface area contributed by atoms with Crippen LogP contribution >= 0.6 is 0 Å². The zero-order valence-corrected chi connectivity index (χ0v) is 10.1. The first-order valence-electron chi connectivity index (χ1n) is 5.50. The second-order valence-corrected chi connectivity index (χ2v) is 3.71. The number of carbonyl (C=O) groups is 1. The number of halogens is 3. The molecule has 0 radical (unpaired) electrons. The number of hydrogen-bond acceptors (Lipinski definition) is 2. The molecule has 0 saturated heterocycles. The lowest BCUT2D eigenvalue weighted by molar-refractivity contribution is -0.138. The summed E-state index contributed by atoms with van der Waals surface area (Å²) >= 11 is 0. The van der Waals surface area contributed by atoms with E-state index in [1.54, 1.807) is 4.90 Å². The largest absolute Gasteiger partial charge is 0.478 e. The number of alkyl halides is 3. The zero-order chi connectivity index (χ0) is 13.9. The lowest BCUT2D eigenvalue weighted by Crippen LogP contribution is -2.23. The van der Waals surface area contributed by atoms with Crippen molar-refractivity contribution in [2.24, 2.45) is 0 Å². The second kappa shape index (κ2) is 5.29. The summed E-state index contributed by atoms with van der Waals surface area (Å²) in [7, 11) is 0. The van der Waals surface area contributed by atoms with Crippen molar-refractivity contribution in [1.82, 2.24) is 0 Å². The van der Waals surface area contributed by atoms with Crippen molar-refractivity contribution < 1.29 is 23.1 Å². The van der Waals surface area contributed by atoms with Crippen molar-refractivity contribution >= 4 is 11.7 Å². The van der Waals surface area contributed by atoms with Gasteiger partial charge in [-0.15, -0.1) is 0 Å². The minimum Gasteiger partial charge on any atom is -0.478 e. The quantitative estimate of drug-likeness (QED) is 0.904. The molecule has 0 unspecified atom stereocenters. The molecule has 0 atom stereocenters. The number of carboxylic acids is 1. The van der Waals surface area contributed by atoms with Gasteiger partial charge in [0, 0.05) is 18.8 Å². The SMILES string of the molecule is CCN(CC)c1ccc(C(F)(F)F)c(C(=O)O)c1. The number of hydrogen-bond donors (Lipinski definition) is 1. The first-order valence-corrected chi connectivity index (χ1v) is 5.50. The number of benzene rings is 1. The lowest BCUT2D eigenvalue weighted by Gasteiger charge is -2.22. The predicted octanol–water partition coefficient (Wildman–Crippen LogP) is 3.25. The van der Waals surface area contributed by atoms with E-state index in [9.17, 15) is 18.0 Å². The molecule has 1 rings (SSSR count). The molecule has 0 spiro atoms. The van der Waals surface area contributed by atoms with Gasteiger partial charge in [-0.05, 0) is 32.0 Å². The van der Waals surface area contributed by atoms with Gasteiger partial charge in [-0.1, -0.05) is 0 Å². The topological polar surface area (TPSA) is 40.5 Å². The van der Waals surface area contributed by atoms with Crippen LogP contribution in [0.2, 0.25) is 0 Å². The van der Waals surface area contributed by atoms with E-state index in [0.717, 1.165) is 12.1 Å².